The van der Waals surface area contributed by atoms with Gasteiger partial charge < -0.3 is 15.2 Å². The van der Waals surface area contributed by atoms with Crippen LogP contribution in [0.3, 0.4) is 0 Å². The lowest BCUT2D eigenvalue weighted by molar-refractivity contribution is -0.0381. The molecule has 0 unspecified atom stereocenters. The lowest BCUT2D eigenvalue weighted by atomic mass is 9.77. The van der Waals surface area contributed by atoms with Gasteiger partial charge in [0.2, 0.25) is 0 Å². The first-order chi connectivity index (χ1) is 11.6. The molecule has 2 aliphatic rings. The van der Waals surface area contributed by atoms with Gasteiger partial charge in [-0.3, -0.25) is 0 Å². The molecule has 2 N–H and O–H groups in total. The molecule has 0 aliphatic carbocycles. The topological polar surface area (TPSA) is 58.6 Å². The van der Waals surface area contributed by atoms with Crippen molar-refractivity contribution < 1.29 is 14.6 Å². The maximum absolute atomic E-state index is 11.1. The summed E-state index contributed by atoms with van der Waals surface area (Å²) in [6, 6.07) is 13.8. The number of benzene rings is 2. The van der Waals surface area contributed by atoms with Gasteiger partial charge >= 0.3 is 5.97 Å². The SMILES string of the molecule is Cc1ccc2c(c1)[C@@H]1OCCC[C@@H]1[C@@H](c1ccc(C(=O)O)cc1)N2. The van der Waals surface area contributed by atoms with E-state index in [2.05, 4.69) is 30.4 Å². The molecular formula is C20H21NO3. The molecule has 1 saturated heterocycles. The first-order valence-electron chi connectivity index (χ1n) is 8.45. The molecule has 2 aliphatic heterocycles. The summed E-state index contributed by atoms with van der Waals surface area (Å²) in [4.78, 5) is 11.1. The van der Waals surface area contributed by atoms with Crippen molar-refractivity contribution in [2.75, 3.05) is 11.9 Å². The van der Waals surface area contributed by atoms with Gasteiger partial charge in [-0.25, -0.2) is 4.79 Å². The van der Waals surface area contributed by atoms with Crippen LogP contribution >= 0.6 is 0 Å². The van der Waals surface area contributed by atoms with Gasteiger partial charge in [0.25, 0.3) is 0 Å². The number of hydrogen-bond donors (Lipinski definition) is 2. The standard InChI is InChI=1S/C20H21NO3/c1-12-4-9-17-16(11-12)19-15(3-2-10-24-19)18(21-17)13-5-7-14(8-6-13)20(22)23/h4-9,11,15,18-19,21H,2-3,10H2,1H3,(H,22,23)/t15-,18-,19-/m1/s1. The van der Waals surface area contributed by atoms with E-state index in [0.29, 0.717) is 11.5 Å². The van der Waals surface area contributed by atoms with E-state index in [1.807, 2.05) is 12.1 Å². The summed E-state index contributed by atoms with van der Waals surface area (Å²) >= 11 is 0. The minimum Gasteiger partial charge on any atom is -0.478 e. The van der Waals surface area contributed by atoms with Crippen molar-refractivity contribution in [1.82, 2.24) is 0 Å². The molecule has 2 heterocycles. The normalized spacial score (nSPS) is 25.3. The van der Waals surface area contributed by atoms with Crippen molar-refractivity contribution in [3.8, 4) is 0 Å². The van der Waals surface area contributed by atoms with Crippen LogP contribution < -0.4 is 5.32 Å². The number of nitrogens with one attached hydrogen (secondary N) is 1. The highest BCUT2D eigenvalue weighted by Gasteiger charge is 2.39. The largest absolute Gasteiger partial charge is 0.478 e. The van der Waals surface area contributed by atoms with E-state index in [4.69, 9.17) is 9.84 Å². The first kappa shape index (κ1) is 15.2. The molecule has 4 rings (SSSR count). The zero-order valence-electron chi connectivity index (χ0n) is 13.7. The van der Waals surface area contributed by atoms with Crippen LogP contribution in [0.5, 0.6) is 0 Å². The average Bonchev–Trinajstić information content (AvgIpc) is 2.61. The fraction of sp³-hybridized carbons (Fsp3) is 0.350. The summed E-state index contributed by atoms with van der Waals surface area (Å²) < 4.78 is 6.14. The summed E-state index contributed by atoms with van der Waals surface area (Å²) in [5.41, 5.74) is 5.05. The number of rotatable bonds is 2. The predicted octanol–water partition coefficient (Wildman–Crippen LogP) is 4.33. The van der Waals surface area contributed by atoms with Gasteiger partial charge in [-0.2, -0.15) is 0 Å². The lowest BCUT2D eigenvalue weighted by Crippen LogP contribution is -2.36. The molecule has 0 amide bonds. The number of ether oxygens (including phenoxy) is 1. The Morgan fingerprint density at radius 2 is 2.00 bits per heavy atom. The molecule has 0 spiro atoms. The van der Waals surface area contributed by atoms with Gasteiger partial charge in [0.1, 0.15) is 0 Å². The van der Waals surface area contributed by atoms with Crippen molar-refractivity contribution in [2.24, 2.45) is 5.92 Å². The summed E-state index contributed by atoms with van der Waals surface area (Å²) in [6.45, 7) is 2.91. The van der Waals surface area contributed by atoms with Gasteiger partial charge in [-0.1, -0.05) is 29.8 Å². The van der Waals surface area contributed by atoms with Crippen LogP contribution in [0.25, 0.3) is 0 Å². The average molecular weight is 323 g/mol. The van der Waals surface area contributed by atoms with E-state index in [-0.39, 0.29) is 12.1 Å². The van der Waals surface area contributed by atoms with E-state index in [1.165, 1.54) is 11.1 Å². The highest BCUT2D eigenvalue weighted by Crippen LogP contribution is 2.49. The molecular weight excluding hydrogens is 302 g/mol. The first-order valence-corrected chi connectivity index (χ1v) is 8.45. The third-order valence-electron chi connectivity index (χ3n) is 5.14. The number of carboxylic acids is 1. The summed E-state index contributed by atoms with van der Waals surface area (Å²) in [5, 5.41) is 12.8. The minimum absolute atomic E-state index is 0.110. The van der Waals surface area contributed by atoms with Crippen LogP contribution in [-0.4, -0.2) is 17.7 Å². The Balaban J connectivity index is 1.73. The Morgan fingerprint density at radius 3 is 2.75 bits per heavy atom. The second-order valence-corrected chi connectivity index (χ2v) is 6.74. The van der Waals surface area contributed by atoms with Crippen molar-refractivity contribution >= 4 is 11.7 Å². The predicted molar refractivity (Wildman–Crippen MR) is 92.4 cm³/mol. The number of hydrogen-bond acceptors (Lipinski definition) is 3. The molecule has 24 heavy (non-hydrogen) atoms. The second kappa shape index (κ2) is 5.95. The van der Waals surface area contributed by atoms with Crippen LogP contribution in [0.4, 0.5) is 5.69 Å². The molecule has 4 nitrogen and oxygen atoms in total. The third-order valence-corrected chi connectivity index (χ3v) is 5.14. The van der Waals surface area contributed by atoms with Gasteiger partial charge in [0, 0.05) is 23.8 Å². The van der Waals surface area contributed by atoms with Gasteiger partial charge in [0.05, 0.1) is 17.7 Å². The van der Waals surface area contributed by atoms with Crippen LogP contribution in [-0.2, 0) is 4.74 Å². The number of aromatic carboxylic acids is 1. The van der Waals surface area contributed by atoms with Crippen molar-refractivity contribution in [2.45, 2.75) is 31.9 Å². The second-order valence-electron chi connectivity index (χ2n) is 6.74. The number of anilines is 1. The zero-order chi connectivity index (χ0) is 16.7. The van der Waals surface area contributed by atoms with E-state index < -0.39 is 5.97 Å². The number of fused-ring (bicyclic) bond motifs is 3. The number of aryl methyl sites for hydroxylation is 1. The molecule has 3 atom stereocenters. The molecule has 0 aromatic heterocycles. The number of carbonyl (C=O) groups is 1. The highest BCUT2D eigenvalue weighted by atomic mass is 16.5. The smallest absolute Gasteiger partial charge is 0.335 e. The molecule has 0 bridgehead atoms. The third kappa shape index (κ3) is 2.57. The molecule has 0 saturated carbocycles. The zero-order valence-corrected chi connectivity index (χ0v) is 13.7. The van der Waals surface area contributed by atoms with Crippen LogP contribution in [0, 0.1) is 12.8 Å². The lowest BCUT2D eigenvalue weighted by Gasteiger charge is -2.43. The molecule has 2 aromatic carbocycles. The van der Waals surface area contributed by atoms with Crippen LogP contribution in [0.15, 0.2) is 42.5 Å². The van der Waals surface area contributed by atoms with E-state index in [1.54, 1.807) is 12.1 Å². The van der Waals surface area contributed by atoms with Crippen molar-refractivity contribution in [1.29, 1.82) is 0 Å². The van der Waals surface area contributed by atoms with E-state index in [9.17, 15) is 4.79 Å². The Kier molecular flexibility index (Phi) is 3.77. The molecule has 124 valence electrons. The van der Waals surface area contributed by atoms with Crippen LogP contribution in [0.1, 0.15) is 52.0 Å². The van der Waals surface area contributed by atoms with Gasteiger partial charge in [0.15, 0.2) is 0 Å². The molecule has 1 fully saturated rings. The Bertz CT molecular complexity index is 769. The maximum Gasteiger partial charge on any atom is 0.335 e. The van der Waals surface area contributed by atoms with Crippen LogP contribution in [0.2, 0.25) is 0 Å². The summed E-state index contributed by atoms with van der Waals surface area (Å²) in [7, 11) is 0. The van der Waals surface area contributed by atoms with Crippen molar-refractivity contribution in [3.05, 3.63) is 64.7 Å². The van der Waals surface area contributed by atoms with Gasteiger partial charge in [-0.15, -0.1) is 0 Å². The van der Waals surface area contributed by atoms with E-state index in [0.717, 1.165) is 30.7 Å². The highest BCUT2D eigenvalue weighted by molar-refractivity contribution is 5.87. The Morgan fingerprint density at radius 1 is 1.21 bits per heavy atom. The molecule has 2 aromatic rings. The quantitative estimate of drug-likeness (QED) is 0.864. The Labute approximate surface area is 141 Å². The minimum atomic E-state index is -0.891. The molecule has 4 heteroatoms. The molecule has 0 radical (unpaired) electrons. The monoisotopic (exact) mass is 323 g/mol. The fourth-order valence-electron chi connectivity index (χ4n) is 3.95. The van der Waals surface area contributed by atoms with E-state index >= 15 is 0 Å². The Hall–Kier alpha value is -2.33. The summed E-state index contributed by atoms with van der Waals surface area (Å²) in [5.74, 6) is -0.526. The summed E-state index contributed by atoms with van der Waals surface area (Å²) in [6.07, 6.45) is 2.28. The number of carboxylic acid groups (broad SMARTS) is 1. The fourth-order valence-corrected chi connectivity index (χ4v) is 3.95. The maximum atomic E-state index is 11.1. The van der Waals surface area contributed by atoms with Gasteiger partial charge in [-0.05, 0) is 43.5 Å². The van der Waals surface area contributed by atoms with Crippen molar-refractivity contribution in [3.63, 3.8) is 0 Å².